The van der Waals surface area contributed by atoms with Crippen molar-refractivity contribution in [2.24, 2.45) is 4.99 Å². The van der Waals surface area contributed by atoms with Gasteiger partial charge >= 0.3 is 6.09 Å². The average molecular weight is 390 g/mol. The largest absolute Gasteiger partial charge is 0.450 e. The van der Waals surface area contributed by atoms with Crippen molar-refractivity contribution in [1.82, 2.24) is 20.9 Å². The standard InChI is InChI=1S/C20H31N5O3/c1-3-28-20(27)25-13-10-17(11-14-25)24-19(21-2)22-12-9-18(26)23-15-16-7-5-4-6-8-16/h4-8,17H,3,9-15H2,1-2H3,(H,23,26)(H2,21,22,24). The zero-order valence-corrected chi connectivity index (χ0v) is 16.7. The first-order valence-corrected chi connectivity index (χ1v) is 9.82. The maximum atomic E-state index is 12.0. The highest BCUT2D eigenvalue weighted by Gasteiger charge is 2.24. The van der Waals surface area contributed by atoms with Gasteiger partial charge in [-0.3, -0.25) is 9.79 Å². The van der Waals surface area contributed by atoms with Gasteiger partial charge in [-0.1, -0.05) is 30.3 Å². The Balaban J connectivity index is 1.62. The van der Waals surface area contributed by atoms with Crippen LogP contribution in [0.4, 0.5) is 4.79 Å². The first-order chi connectivity index (χ1) is 13.6. The molecule has 28 heavy (non-hydrogen) atoms. The van der Waals surface area contributed by atoms with Crippen LogP contribution in [0.25, 0.3) is 0 Å². The number of hydrogen-bond donors (Lipinski definition) is 3. The third-order valence-corrected chi connectivity index (χ3v) is 4.56. The zero-order chi connectivity index (χ0) is 20.2. The summed E-state index contributed by atoms with van der Waals surface area (Å²) in [5.74, 6) is 0.667. The third-order valence-electron chi connectivity index (χ3n) is 4.56. The summed E-state index contributed by atoms with van der Waals surface area (Å²) >= 11 is 0. The predicted molar refractivity (Wildman–Crippen MR) is 109 cm³/mol. The Morgan fingerprint density at radius 2 is 1.89 bits per heavy atom. The smallest absolute Gasteiger partial charge is 0.409 e. The fourth-order valence-electron chi connectivity index (χ4n) is 2.99. The van der Waals surface area contributed by atoms with E-state index >= 15 is 0 Å². The van der Waals surface area contributed by atoms with Crippen LogP contribution in [0.2, 0.25) is 0 Å². The van der Waals surface area contributed by atoms with Crippen molar-refractivity contribution in [2.75, 3.05) is 33.3 Å². The van der Waals surface area contributed by atoms with Crippen LogP contribution < -0.4 is 16.0 Å². The Kier molecular flexibility index (Phi) is 9.10. The van der Waals surface area contributed by atoms with Gasteiger partial charge in [-0.25, -0.2) is 4.79 Å². The molecule has 1 aliphatic heterocycles. The molecule has 0 radical (unpaired) electrons. The van der Waals surface area contributed by atoms with Crippen molar-refractivity contribution in [2.45, 2.75) is 38.8 Å². The van der Waals surface area contributed by atoms with E-state index in [-0.39, 0.29) is 18.0 Å². The van der Waals surface area contributed by atoms with Crippen molar-refractivity contribution in [3.63, 3.8) is 0 Å². The number of carbonyl (C=O) groups is 2. The normalized spacial score (nSPS) is 15.1. The predicted octanol–water partition coefficient (Wildman–Crippen LogP) is 1.48. The van der Waals surface area contributed by atoms with E-state index in [0.29, 0.717) is 45.2 Å². The number of carbonyl (C=O) groups excluding carboxylic acids is 2. The Morgan fingerprint density at radius 1 is 1.18 bits per heavy atom. The summed E-state index contributed by atoms with van der Waals surface area (Å²) in [6, 6.07) is 10.1. The molecule has 1 aromatic carbocycles. The molecule has 2 rings (SSSR count). The van der Waals surface area contributed by atoms with Crippen LogP contribution in [-0.4, -0.2) is 62.2 Å². The molecule has 0 aromatic heterocycles. The van der Waals surface area contributed by atoms with Gasteiger partial charge in [-0.2, -0.15) is 0 Å². The molecule has 0 atom stereocenters. The van der Waals surface area contributed by atoms with E-state index in [1.807, 2.05) is 37.3 Å². The first kappa shape index (κ1) is 21.5. The second kappa shape index (κ2) is 11.8. The van der Waals surface area contributed by atoms with Gasteiger partial charge in [0, 0.05) is 45.7 Å². The highest BCUT2D eigenvalue weighted by Crippen LogP contribution is 2.11. The van der Waals surface area contributed by atoms with E-state index in [4.69, 9.17) is 4.74 Å². The van der Waals surface area contributed by atoms with Crippen molar-refractivity contribution in [1.29, 1.82) is 0 Å². The number of amides is 2. The minimum atomic E-state index is -0.245. The molecule has 154 valence electrons. The number of likely N-dealkylation sites (tertiary alicyclic amines) is 1. The van der Waals surface area contributed by atoms with Crippen LogP contribution >= 0.6 is 0 Å². The average Bonchev–Trinajstić information content (AvgIpc) is 2.73. The molecule has 3 N–H and O–H groups in total. The second-order valence-electron chi connectivity index (χ2n) is 6.62. The quantitative estimate of drug-likeness (QED) is 0.485. The van der Waals surface area contributed by atoms with E-state index in [1.165, 1.54) is 0 Å². The second-order valence-corrected chi connectivity index (χ2v) is 6.62. The van der Waals surface area contributed by atoms with Gasteiger partial charge in [0.1, 0.15) is 0 Å². The minimum Gasteiger partial charge on any atom is -0.450 e. The van der Waals surface area contributed by atoms with E-state index in [2.05, 4.69) is 20.9 Å². The van der Waals surface area contributed by atoms with Crippen molar-refractivity contribution in [3.05, 3.63) is 35.9 Å². The van der Waals surface area contributed by atoms with Gasteiger partial charge in [0.25, 0.3) is 0 Å². The molecule has 1 aromatic rings. The van der Waals surface area contributed by atoms with E-state index in [0.717, 1.165) is 18.4 Å². The fourth-order valence-corrected chi connectivity index (χ4v) is 2.99. The SMILES string of the molecule is CCOC(=O)N1CCC(NC(=NC)NCCC(=O)NCc2ccccc2)CC1. The number of guanidine groups is 1. The molecule has 0 unspecified atom stereocenters. The van der Waals surface area contributed by atoms with Crippen molar-refractivity contribution < 1.29 is 14.3 Å². The molecule has 1 saturated heterocycles. The maximum Gasteiger partial charge on any atom is 0.409 e. The zero-order valence-electron chi connectivity index (χ0n) is 16.7. The monoisotopic (exact) mass is 389 g/mol. The summed E-state index contributed by atoms with van der Waals surface area (Å²) in [6.07, 6.45) is 1.79. The number of nitrogens with one attached hydrogen (secondary N) is 3. The molecule has 8 heteroatoms. The molecule has 2 amide bonds. The molecule has 1 aliphatic rings. The van der Waals surface area contributed by atoms with Gasteiger partial charge < -0.3 is 25.6 Å². The lowest BCUT2D eigenvalue weighted by atomic mass is 10.1. The molecular formula is C20H31N5O3. The Bertz CT molecular complexity index is 643. The van der Waals surface area contributed by atoms with Crippen LogP contribution in [0.15, 0.2) is 35.3 Å². The summed E-state index contributed by atoms with van der Waals surface area (Å²) in [5.41, 5.74) is 1.08. The fraction of sp³-hybridized carbons (Fsp3) is 0.550. The number of rotatable bonds is 7. The highest BCUT2D eigenvalue weighted by atomic mass is 16.6. The van der Waals surface area contributed by atoms with Gasteiger partial charge in [-0.05, 0) is 25.3 Å². The number of nitrogens with zero attached hydrogens (tertiary/aromatic N) is 2. The topological polar surface area (TPSA) is 95.1 Å². The molecule has 8 nitrogen and oxygen atoms in total. The Labute approximate surface area is 166 Å². The van der Waals surface area contributed by atoms with Gasteiger partial charge in [-0.15, -0.1) is 0 Å². The molecule has 0 bridgehead atoms. The lowest BCUT2D eigenvalue weighted by Gasteiger charge is -2.32. The highest BCUT2D eigenvalue weighted by molar-refractivity contribution is 5.81. The summed E-state index contributed by atoms with van der Waals surface area (Å²) in [4.78, 5) is 29.7. The number of piperidine rings is 1. The Morgan fingerprint density at radius 3 is 2.54 bits per heavy atom. The first-order valence-electron chi connectivity index (χ1n) is 9.82. The number of benzene rings is 1. The minimum absolute atomic E-state index is 0.00505. The van der Waals surface area contributed by atoms with E-state index in [1.54, 1.807) is 11.9 Å². The molecule has 1 fully saturated rings. The van der Waals surface area contributed by atoms with Crippen LogP contribution in [0.3, 0.4) is 0 Å². The lowest BCUT2D eigenvalue weighted by Crippen LogP contribution is -2.50. The third kappa shape index (κ3) is 7.46. The summed E-state index contributed by atoms with van der Waals surface area (Å²) in [7, 11) is 1.71. The summed E-state index contributed by atoms with van der Waals surface area (Å²) < 4.78 is 5.04. The number of hydrogen-bond acceptors (Lipinski definition) is 4. The van der Waals surface area contributed by atoms with Crippen LogP contribution in [0, 0.1) is 0 Å². The molecule has 0 aliphatic carbocycles. The molecule has 0 spiro atoms. The van der Waals surface area contributed by atoms with Crippen LogP contribution in [0.1, 0.15) is 31.7 Å². The molecule has 0 saturated carbocycles. The molecule has 1 heterocycles. The maximum absolute atomic E-state index is 12.0. The Hall–Kier alpha value is -2.77. The van der Waals surface area contributed by atoms with Gasteiger partial charge in [0.15, 0.2) is 5.96 Å². The van der Waals surface area contributed by atoms with Crippen molar-refractivity contribution in [3.8, 4) is 0 Å². The van der Waals surface area contributed by atoms with Crippen LogP contribution in [0.5, 0.6) is 0 Å². The van der Waals surface area contributed by atoms with E-state index < -0.39 is 0 Å². The summed E-state index contributed by atoms with van der Waals surface area (Å²) in [6.45, 7) is 4.56. The number of ether oxygens (including phenoxy) is 1. The summed E-state index contributed by atoms with van der Waals surface area (Å²) in [5, 5.41) is 9.44. The van der Waals surface area contributed by atoms with Crippen molar-refractivity contribution >= 4 is 18.0 Å². The number of aliphatic imine (C=N–C) groups is 1. The van der Waals surface area contributed by atoms with Gasteiger partial charge in [0.2, 0.25) is 5.91 Å². The van der Waals surface area contributed by atoms with Gasteiger partial charge in [0.05, 0.1) is 6.61 Å². The van der Waals surface area contributed by atoms with E-state index in [9.17, 15) is 9.59 Å². The molecular weight excluding hydrogens is 358 g/mol. The lowest BCUT2D eigenvalue weighted by molar-refractivity contribution is -0.121. The van der Waals surface area contributed by atoms with Crippen LogP contribution in [-0.2, 0) is 16.1 Å².